The van der Waals surface area contributed by atoms with E-state index in [2.05, 4.69) is 27.9 Å². The lowest BCUT2D eigenvalue weighted by molar-refractivity contribution is -0.312. The summed E-state index contributed by atoms with van der Waals surface area (Å²) in [7, 11) is 1.57. The van der Waals surface area contributed by atoms with Gasteiger partial charge in [-0.1, -0.05) is 19.1 Å². The van der Waals surface area contributed by atoms with Crippen molar-refractivity contribution in [2.75, 3.05) is 12.4 Å². The molecule has 0 aliphatic rings. The summed E-state index contributed by atoms with van der Waals surface area (Å²) in [6.45, 7) is 1.60. The van der Waals surface area contributed by atoms with Gasteiger partial charge in [-0.25, -0.2) is 0 Å². The van der Waals surface area contributed by atoms with Crippen LogP contribution in [0.1, 0.15) is 12.5 Å². The molecule has 132 valence electrons. The largest absolute Gasteiger partial charge is 0.550 e. The Hall–Kier alpha value is -2.09. The zero-order chi connectivity index (χ0) is 18.4. The lowest BCUT2D eigenvalue weighted by atomic mass is 9.87. The molecule has 0 radical (unpaired) electrons. The summed E-state index contributed by atoms with van der Waals surface area (Å²) in [5.41, 5.74) is 1.45. The Morgan fingerprint density at radius 2 is 1.72 bits per heavy atom. The van der Waals surface area contributed by atoms with Crippen LogP contribution in [0.4, 0.5) is 5.69 Å². The van der Waals surface area contributed by atoms with Crippen molar-refractivity contribution in [3.05, 3.63) is 57.7 Å². The number of ether oxygens (including phenoxy) is 1. The highest BCUT2D eigenvalue weighted by molar-refractivity contribution is 14.1. The van der Waals surface area contributed by atoms with Gasteiger partial charge in [0, 0.05) is 27.1 Å². The van der Waals surface area contributed by atoms with E-state index in [1.54, 1.807) is 50.4 Å². The maximum atomic E-state index is 12.4. The van der Waals surface area contributed by atoms with Crippen molar-refractivity contribution in [1.82, 2.24) is 0 Å². The number of nitrogens with one attached hydrogen (secondary N) is 1. The lowest BCUT2D eigenvalue weighted by Gasteiger charge is -2.24. The fraction of sp³-hybridized carbons (Fsp3) is 0.263. The summed E-state index contributed by atoms with van der Waals surface area (Å²) in [5, 5.41) is 14.3. The van der Waals surface area contributed by atoms with Crippen LogP contribution in [0.5, 0.6) is 5.75 Å². The zero-order valence-electron chi connectivity index (χ0n) is 14.0. The average molecular weight is 452 g/mol. The standard InChI is InChI=1S/C19H20INO4/c1-12(18(22)21-15-7-5-14(20)6-8-15)17(19(23)24)11-13-3-9-16(25-2)10-4-13/h3-10,12,17H,11H2,1-2H3,(H,21,22)(H,23,24)/p-1/t12-,17-/m0/s1. The Kier molecular flexibility index (Phi) is 6.81. The minimum absolute atomic E-state index is 0.216. The predicted molar refractivity (Wildman–Crippen MR) is 102 cm³/mol. The van der Waals surface area contributed by atoms with E-state index in [1.165, 1.54) is 0 Å². The molecular weight excluding hydrogens is 433 g/mol. The van der Waals surface area contributed by atoms with Gasteiger partial charge < -0.3 is 20.0 Å². The second-order valence-corrected chi connectivity index (χ2v) is 7.01. The van der Waals surface area contributed by atoms with Crippen molar-refractivity contribution < 1.29 is 19.4 Å². The number of carbonyl (C=O) groups is 2. The van der Waals surface area contributed by atoms with Crippen molar-refractivity contribution in [3.8, 4) is 5.75 Å². The van der Waals surface area contributed by atoms with E-state index in [-0.39, 0.29) is 12.3 Å². The zero-order valence-corrected chi connectivity index (χ0v) is 16.1. The number of amides is 1. The topological polar surface area (TPSA) is 78.5 Å². The number of hydrogen-bond acceptors (Lipinski definition) is 4. The molecule has 0 heterocycles. The molecule has 0 saturated heterocycles. The van der Waals surface area contributed by atoms with Crippen LogP contribution in [0.15, 0.2) is 48.5 Å². The molecule has 1 N–H and O–H groups in total. The second-order valence-electron chi connectivity index (χ2n) is 5.76. The number of carboxylic acid groups (broad SMARTS) is 1. The number of hydrogen-bond donors (Lipinski definition) is 1. The van der Waals surface area contributed by atoms with E-state index in [0.29, 0.717) is 11.4 Å². The summed E-state index contributed by atoms with van der Waals surface area (Å²) in [4.78, 5) is 24.0. The van der Waals surface area contributed by atoms with Crippen molar-refractivity contribution in [2.24, 2.45) is 11.8 Å². The van der Waals surface area contributed by atoms with Gasteiger partial charge in [-0.05, 0) is 71.0 Å². The van der Waals surface area contributed by atoms with E-state index in [1.807, 2.05) is 12.1 Å². The van der Waals surface area contributed by atoms with Gasteiger partial charge in [0.2, 0.25) is 5.91 Å². The van der Waals surface area contributed by atoms with Crippen molar-refractivity contribution >= 4 is 40.2 Å². The quantitative estimate of drug-likeness (QED) is 0.655. The molecule has 0 saturated carbocycles. The van der Waals surface area contributed by atoms with Gasteiger partial charge in [-0.15, -0.1) is 0 Å². The fourth-order valence-electron chi connectivity index (χ4n) is 2.45. The van der Waals surface area contributed by atoms with E-state index >= 15 is 0 Å². The van der Waals surface area contributed by atoms with E-state index in [4.69, 9.17) is 4.74 Å². The van der Waals surface area contributed by atoms with Gasteiger partial charge in [0.1, 0.15) is 5.75 Å². The third kappa shape index (κ3) is 5.45. The van der Waals surface area contributed by atoms with Gasteiger partial charge in [0.15, 0.2) is 0 Å². The number of methoxy groups -OCH3 is 1. The van der Waals surface area contributed by atoms with Crippen LogP contribution < -0.4 is 15.2 Å². The number of rotatable bonds is 7. The first-order chi connectivity index (χ1) is 11.9. The van der Waals surface area contributed by atoms with E-state index < -0.39 is 17.8 Å². The van der Waals surface area contributed by atoms with Gasteiger partial charge in [0.25, 0.3) is 0 Å². The molecule has 2 atom stereocenters. The van der Waals surface area contributed by atoms with Gasteiger partial charge in [0.05, 0.1) is 7.11 Å². The van der Waals surface area contributed by atoms with E-state index in [0.717, 1.165) is 9.13 Å². The first-order valence-electron chi connectivity index (χ1n) is 7.81. The first-order valence-corrected chi connectivity index (χ1v) is 8.89. The van der Waals surface area contributed by atoms with Crippen LogP contribution >= 0.6 is 22.6 Å². The highest BCUT2D eigenvalue weighted by Crippen LogP contribution is 2.21. The van der Waals surface area contributed by atoms with Crippen LogP contribution in [-0.2, 0) is 16.0 Å². The van der Waals surface area contributed by atoms with E-state index in [9.17, 15) is 14.7 Å². The molecule has 2 rings (SSSR count). The molecule has 2 aromatic carbocycles. The van der Waals surface area contributed by atoms with Crippen LogP contribution in [0, 0.1) is 15.4 Å². The molecule has 0 spiro atoms. The lowest BCUT2D eigenvalue weighted by Crippen LogP contribution is -2.40. The van der Waals surface area contributed by atoms with Crippen LogP contribution in [0.2, 0.25) is 0 Å². The maximum Gasteiger partial charge on any atom is 0.227 e. The monoisotopic (exact) mass is 452 g/mol. The van der Waals surface area contributed by atoms with Crippen LogP contribution in [-0.4, -0.2) is 19.0 Å². The average Bonchev–Trinajstić information content (AvgIpc) is 2.61. The normalized spacial score (nSPS) is 12.9. The number of halogens is 1. The molecule has 6 heteroatoms. The molecule has 2 aromatic rings. The molecule has 0 aliphatic heterocycles. The number of anilines is 1. The highest BCUT2D eigenvalue weighted by atomic mass is 127. The third-order valence-electron chi connectivity index (χ3n) is 4.05. The van der Waals surface area contributed by atoms with Crippen molar-refractivity contribution in [2.45, 2.75) is 13.3 Å². The summed E-state index contributed by atoms with van der Waals surface area (Å²) >= 11 is 2.17. The van der Waals surface area contributed by atoms with Crippen LogP contribution in [0.25, 0.3) is 0 Å². The molecule has 0 aromatic heterocycles. The molecule has 0 fully saturated rings. The third-order valence-corrected chi connectivity index (χ3v) is 4.77. The Balaban J connectivity index is 2.07. The Morgan fingerprint density at radius 3 is 2.24 bits per heavy atom. The molecule has 0 unspecified atom stereocenters. The van der Waals surface area contributed by atoms with Crippen LogP contribution in [0.3, 0.4) is 0 Å². The molecule has 5 nitrogen and oxygen atoms in total. The number of carboxylic acids is 1. The summed E-state index contributed by atoms with van der Waals surface area (Å²) < 4.78 is 6.14. The van der Waals surface area contributed by atoms with Crippen molar-refractivity contribution in [3.63, 3.8) is 0 Å². The Labute approximate surface area is 160 Å². The smallest absolute Gasteiger partial charge is 0.227 e. The second kappa shape index (κ2) is 8.84. The van der Waals surface area contributed by atoms with Gasteiger partial charge in [-0.2, -0.15) is 0 Å². The highest BCUT2D eigenvalue weighted by Gasteiger charge is 2.25. The first kappa shape index (κ1) is 19.2. The molecule has 1 amide bonds. The molecule has 0 bridgehead atoms. The SMILES string of the molecule is COc1ccc(C[C@H](C(=O)[O-])[C@H](C)C(=O)Nc2ccc(I)cc2)cc1. The van der Waals surface area contributed by atoms with Gasteiger partial charge in [-0.3, -0.25) is 4.79 Å². The van der Waals surface area contributed by atoms with Gasteiger partial charge >= 0.3 is 0 Å². The number of benzene rings is 2. The molecule has 25 heavy (non-hydrogen) atoms. The Morgan fingerprint density at radius 1 is 1.12 bits per heavy atom. The minimum atomic E-state index is -1.24. The predicted octanol–water partition coefficient (Wildman–Crippen LogP) is 2.48. The minimum Gasteiger partial charge on any atom is -0.550 e. The molecule has 0 aliphatic carbocycles. The molecular formula is C19H19INO4-. The van der Waals surface area contributed by atoms with Crippen molar-refractivity contribution in [1.29, 1.82) is 0 Å². The summed E-state index contributed by atoms with van der Waals surface area (Å²) in [5.74, 6) is -2.54. The Bertz CT molecular complexity index is 728. The fourth-order valence-corrected chi connectivity index (χ4v) is 2.81. The number of aliphatic carboxylic acids is 1. The summed E-state index contributed by atoms with van der Waals surface area (Å²) in [6.07, 6.45) is 0.216. The maximum absolute atomic E-state index is 12.4. The summed E-state index contributed by atoms with van der Waals surface area (Å²) in [6, 6.07) is 14.4. The number of carbonyl (C=O) groups excluding carboxylic acids is 2.